The molecule has 17 heavy (non-hydrogen) atoms. The minimum atomic E-state index is 0.0142. The molecule has 0 bridgehead atoms. The molecule has 2 aromatic rings. The van der Waals surface area contributed by atoms with E-state index in [1.807, 2.05) is 30.1 Å². The highest BCUT2D eigenvalue weighted by atomic mass is 35.5. The zero-order valence-electron chi connectivity index (χ0n) is 9.53. The third-order valence-corrected chi connectivity index (χ3v) is 4.39. The van der Waals surface area contributed by atoms with Gasteiger partial charge in [0.15, 0.2) is 0 Å². The molecular weight excluding hydrogens is 252 g/mol. The number of aromatic amines is 1. The second-order valence-electron chi connectivity index (χ2n) is 4.57. The maximum absolute atomic E-state index is 6.28. The first-order valence-electron chi connectivity index (χ1n) is 5.62. The van der Waals surface area contributed by atoms with E-state index in [2.05, 4.69) is 23.4 Å². The van der Waals surface area contributed by atoms with Crippen LogP contribution >= 0.6 is 23.4 Å². The summed E-state index contributed by atoms with van der Waals surface area (Å²) in [5.74, 6) is 1.14. The molecule has 3 heterocycles. The van der Waals surface area contributed by atoms with Gasteiger partial charge in [-0.3, -0.25) is 4.98 Å². The quantitative estimate of drug-likeness (QED) is 0.839. The lowest BCUT2D eigenvalue weighted by molar-refractivity contribution is 0.558. The molecule has 1 aliphatic heterocycles. The lowest BCUT2D eigenvalue weighted by Crippen LogP contribution is -2.23. The maximum Gasteiger partial charge on any atom is 0.0897 e. The zero-order chi connectivity index (χ0) is 11.9. The Morgan fingerprint density at radius 3 is 3.18 bits per heavy atom. The fourth-order valence-corrected chi connectivity index (χ4v) is 3.46. The van der Waals surface area contributed by atoms with Crippen molar-refractivity contribution in [1.82, 2.24) is 9.97 Å². The van der Waals surface area contributed by atoms with Crippen LogP contribution in [0.4, 0.5) is 0 Å². The van der Waals surface area contributed by atoms with Gasteiger partial charge in [-0.1, -0.05) is 24.6 Å². The molecule has 1 atom stereocenters. The molecule has 0 saturated carbocycles. The van der Waals surface area contributed by atoms with Crippen molar-refractivity contribution in [3.8, 4) is 0 Å². The summed E-state index contributed by atoms with van der Waals surface area (Å²) in [5, 5.41) is 2.92. The van der Waals surface area contributed by atoms with E-state index < -0.39 is 0 Å². The van der Waals surface area contributed by atoms with Crippen molar-refractivity contribution >= 4 is 34.4 Å². The number of hydrogen-bond acceptors (Lipinski definition) is 2. The minimum absolute atomic E-state index is 0.0142. The van der Waals surface area contributed by atoms with E-state index >= 15 is 0 Å². The van der Waals surface area contributed by atoms with Gasteiger partial charge in [-0.2, -0.15) is 0 Å². The summed E-state index contributed by atoms with van der Waals surface area (Å²) in [6, 6.07) is 3.95. The molecule has 0 radical (unpaired) electrons. The number of rotatable bonds is 1. The number of fused-ring (bicyclic) bond motifs is 1. The Morgan fingerprint density at radius 2 is 2.41 bits per heavy atom. The summed E-state index contributed by atoms with van der Waals surface area (Å²) in [6.07, 6.45) is 5.22. The van der Waals surface area contributed by atoms with Crippen LogP contribution in [0.15, 0.2) is 29.8 Å². The highest BCUT2D eigenvalue weighted by Crippen LogP contribution is 2.36. The molecule has 0 spiro atoms. The van der Waals surface area contributed by atoms with Gasteiger partial charge < -0.3 is 4.98 Å². The van der Waals surface area contributed by atoms with E-state index in [1.165, 1.54) is 0 Å². The number of nitrogens with one attached hydrogen (secondary N) is 1. The first kappa shape index (κ1) is 11.2. The number of allylic oxidation sites excluding steroid dienone is 1. The van der Waals surface area contributed by atoms with Crippen molar-refractivity contribution in [1.29, 1.82) is 0 Å². The average molecular weight is 265 g/mol. The highest BCUT2D eigenvalue weighted by Gasteiger charge is 2.27. The van der Waals surface area contributed by atoms with Gasteiger partial charge in [0.1, 0.15) is 0 Å². The van der Waals surface area contributed by atoms with E-state index in [0.29, 0.717) is 0 Å². The Balaban J connectivity index is 2.16. The zero-order valence-corrected chi connectivity index (χ0v) is 11.1. The summed E-state index contributed by atoms with van der Waals surface area (Å²) in [7, 11) is 0. The van der Waals surface area contributed by atoms with Crippen LogP contribution in [0.2, 0.25) is 5.02 Å². The molecule has 88 valence electrons. The van der Waals surface area contributed by atoms with Crippen LogP contribution < -0.4 is 0 Å². The SMILES string of the molecule is CC1(c2cc(Cl)c3[nH]ccc3n2)C=CSCC1. The van der Waals surface area contributed by atoms with Crippen LogP contribution in [0, 0.1) is 0 Å². The number of hydrogen-bond donors (Lipinski definition) is 1. The van der Waals surface area contributed by atoms with Crippen LogP contribution in [-0.2, 0) is 5.41 Å². The van der Waals surface area contributed by atoms with Gasteiger partial charge >= 0.3 is 0 Å². The normalized spacial score (nSPS) is 24.4. The summed E-state index contributed by atoms with van der Waals surface area (Å²) >= 11 is 8.14. The Hall–Kier alpha value is -0.930. The number of thioether (sulfide) groups is 1. The summed E-state index contributed by atoms with van der Waals surface area (Å²) in [5.41, 5.74) is 2.94. The van der Waals surface area contributed by atoms with Gasteiger partial charge in [-0.05, 0) is 29.7 Å². The van der Waals surface area contributed by atoms with E-state index in [0.717, 1.165) is 33.9 Å². The molecule has 0 amide bonds. The molecule has 1 unspecified atom stereocenters. The van der Waals surface area contributed by atoms with Gasteiger partial charge in [-0.25, -0.2) is 0 Å². The van der Waals surface area contributed by atoms with Crippen LogP contribution in [0.3, 0.4) is 0 Å². The molecule has 2 nitrogen and oxygen atoms in total. The van der Waals surface area contributed by atoms with Gasteiger partial charge in [0.05, 0.1) is 21.7 Å². The van der Waals surface area contributed by atoms with Crippen molar-refractivity contribution in [3.05, 3.63) is 40.5 Å². The van der Waals surface area contributed by atoms with Gasteiger partial charge in [-0.15, -0.1) is 11.8 Å². The fourth-order valence-electron chi connectivity index (χ4n) is 2.13. The van der Waals surface area contributed by atoms with E-state index in [1.54, 1.807) is 0 Å². The predicted molar refractivity (Wildman–Crippen MR) is 74.7 cm³/mol. The van der Waals surface area contributed by atoms with Gasteiger partial charge in [0, 0.05) is 11.6 Å². The third-order valence-electron chi connectivity index (χ3n) is 3.32. The fraction of sp³-hybridized carbons (Fsp3) is 0.308. The number of H-pyrrole nitrogens is 1. The molecule has 4 heteroatoms. The molecule has 1 N–H and O–H groups in total. The minimum Gasteiger partial charge on any atom is -0.359 e. The Morgan fingerprint density at radius 1 is 1.53 bits per heavy atom. The first-order chi connectivity index (χ1) is 8.19. The topological polar surface area (TPSA) is 28.7 Å². The van der Waals surface area contributed by atoms with Crippen molar-refractivity contribution in [2.45, 2.75) is 18.8 Å². The number of pyridine rings is 1. The molecule has 0 saturated heterocycles. The molecule has 1 aliphatic rings. The largest absolute Gasteiger partial charge is 0.359 e. The molecule has 0 aromatic carbocycles. The molecule has 2 aromatic heterocycles. The van der Waals surface area contributed by atoms with Gasteiger partial charge in [0.25, 0.3) is 0 Å². The second kappa shape index (κ2) is 4.07. The van der Waals surface area contributed by atoms with Crippen LogP contribution in [0.1, 0.15) is 19.0 Å². The van der Waals surface area contributed by atoms with E-state index in [4.69, 9.17) is 16.6 Å². The maximum atomic E-state index is 6.28. The first-order valence-corrected chi connectivity index (χ1v) is 7.05. The van der Waals surface area contributed by atoms with Crippen molar-refractivity contribution in [3.63, 3.8) is 0 Å². The number of aromatic nitrogens is 2. The Labute approximate surface area is 109 Å². The van der Waals surface area contributed by atoms with Crippen molar-refractivity contribution in [2.24, 2.45) is 0 Å². The molecular formula is C13H13ClN2S. The van der Waals surface area contributed by atoms with E-state index in [9.17, 15) is 0 Å². The van der Waals surface area contributed by atoms with Crippen LogP contribution in [-0.4, -0.2) is 15.7 Å². The average Bonchev–Trinajstić information content (AvgIpc) is 2.78. The smallest absolute Gasteiger partial charge is 0.0897 e. The molecule has 0 fully saturated rings. The number of halogens is 1. The highest BCUT2D eigenvalue weighted by molar-refractivity contribution is 8.02. The third kappa shape index (κ3) is 1.87. The lowest BCUT2D eigenvalue weighted by atomic mass is 9.83. The lowest BCUT2D eigenvalue weighted by Gasteiger charge is -2.28. The number of nitrogens with zero attached hydrogens (tertiary/aromatic N) is 1. The Kier molecular flexibility index (Phi) is 2.68. The van der Waals surface area contributed by atoms with Crippen LogP contribution in [0.5, 0.6) is 0 Å². The van der Waals surface area contributed by atoms with E-state index in [-0.39, 0.29) is 5.41 Å². The summed E-state index contributed by atoms with van der Waals surface area (Å²) in [6.45, 7) is 2.22. The monoisotopic (exact) mass is 264 g/mol. The predicted octanol–water partition coefficient (Wildman–Crippen LogP) is 4.12. The Bertz CT molecular complexity index is 590. The molecule has 0 aliphatic carbocycles. The molecule has 3 rings (SSSR count). The van der Waals surface area contributed by atoms with Crippen molar-refractivity contribution < 1.29 is 0 Å². The standard InChI is InChI=1S/C13H13ClN2S/c1-13(3-6-17-7-4-13)11-8-9(14)12-10(16-11)2-5-15-12/h2-3,5-6,8,15H,4,7H2,1H3. The summed E-state index contributed by atoms with van der Waals surface area (Å²) < 4.78 is 0. The van der Waals surface area contributed by atoms with Gasteiger partial charge in [0.2, 0.25) is 0 Å². The summed E-state index contributed by atoms with van der Waals surface area (Å²) in [4.78, 5) is 7.83. The second-order valence-corrected chi connectivity index (χ2v) is 5.99. The van der Waals surface area contributed by atoms with Crippen LogP contribution in [0.25, 0.3) is 11.0 Å². The van der Waals surface area contributed by atoms with Crippen molar-refractivity contribution in [2.75, 3.05) is 5.75 Å².